The molecule has 2 aliphatic heterocycles. The average Bonchev–Trinajstić information content (AvgIpc) is 3.68. The number of benzene rings is 3. The van der Waals surface area contributed by atoms with Crippen LogP contribution in [0.3, 0.4) is 0 Å². The Morgan fingerprint density at radius 3 is 2.16 bits per heavy atom. The number of carboxylic acid groups (broad SMARTS) is 1. The van der Waals surface area contributed by atoms with E-state index in [-0.39, 0.29) is 28.1 Å². The Morgan fingerprint density at radius 2 is 1.60 bits per heavy atom. The highest BCUT2D eigenvalue weighted by molar-refractivity contribution is 8.01. The van der Waals surface area contributed by atoms with Crippen LogP contribution in [-0.4, -0.2) is 82.8 Å². The summed E-state index contributed by atoms with van der Waals surface area (Å²) in [5.41, 5.74) is -1.08. The van der Waals surface area contributed by atoms with Crippen molar-refractivity contribution in [1.82, 2.24) is 30.0 Å². The number of thioether (sulfide) groups is 2. The summed E-state index contributed by atoms with van der Waals surface area (Å²) in [5.74, 6) is -3.08. The van der Waals surface area contributed by atoms with Crippen LogP contribution in [0.4, 0.5) is 13.9 Å². The lowest BCUT2D eigenvalue weighted by atomic mass is 9.77. The molecule has 1 unspecified atom stereocenters. The zero-order chi connectivity index (χ0) is 40.3. The second kappa shape index (κ2) is 16.5. The van der Waals surface area contributed by atoms with E-state index in [1.807, 2.05) is 91.0 Å². The molecule has 7 rings (SSSR count). The maximum Gasteiger partial charge on any atom is 0.407 e. The summed E-state index contributed by atoms with van der Waals surface area (Å²) in [7, 11) is 1.46. The number of fused-ring (bicyclic) bond motifs is 1. The van der Waals surface area contributed by atoms with Gasteiger partial charge in [0.1, 0.15) is 28.3 Å². The lowest BCUT2D eigenvalue weighted by molar-refractivity contribution is -0.150. The van der Waals surface area contributed by atoms with E-state index in [4.69, 9.17) is 0 Å². The summed E-state index contributed by atoms with van der Waals surface area (Å²) in [6.45, 7) is -3.38. The number of aromatic nitrogens is 4. The zero-order valence-electron chi connectivity index (χ0n) is 29.5. The molecule has 4 heterocycles. The van der Waals surface area contributed by atoms with E-state index >= 15 is 0 Å². The molecule has 20 heteroatoms. The standard InChI is InChI=1S/C37H30F2N8O7S3/c1-46-36(42-29(49)30(50)44-46)57-18-20-17-55-32-26(31(51)47(32)27(20)33(52)53)41-28(48)25(45-54-34(38)39)24-19-56-35(40-24)43-37(21-11-5-2-6-12-21,22-13-7-3-8-14-22)23-15-9-4-10-16-23/h2-16,19,26,32,34H,17-18H2,1H3,(H,40,43)(H,41,48)(H,44,50)(H,52,53)/t26?,32-/m1/s1. The zero-order valence-corrected chi connectivity index (χ0v) is 31.9. The molecule has 0 spiro atoms. The molecule has 0 saturated carbocycles. The number of thiazole rings is 1. The van der Waals surface area contributed by atoms with Gasteiger partial charge in [-0.15, -0.1) is 23.1 Å². The molecule has 5 aromatic rings. The van der Waals surface area contributed by atoms with Crippen LogP contribution in [-0.2, 0) is 31.8 Å². The number of aliphatic carboxylic acids is 1. The number of alkyl halides is 2. The van der Waals surface area contributed by atoms with Gasteiger partial charge in [-0.2, -0.15) is 13.8 Å². The number of carbonyl (C=O) groups is 3. The van der Waals surface area contributed by atoms with Crippen molar-refractivity contribution in [2.24, 2.45) is 12.2 Å². The van der Waals surface area contributed by atoms with E-state index in [1.165, 1.54) is 28.9 Å². The predicted octanol–water partition coefficient (Wildman–Crippen LogP) is 3.80. The van der Waals surface area contributed by atoms with Gasteiger partial charge in [0.05, 0.1) is 0 Å². The lowest BCUT2D eigenvalue weighted by Crippen LogP contribution is -2.71. The minimum absolute atomic E-state index is 0.0105. The van der Waals surface area contributed by atoms with Crippen molar-refractivity contribution in [3.63, 3.8) is 0 Å². The maximum atomic E-state index is 13.8. The third-order valence-electron chi connectivity index (χ3n) is 8.96. The number of H-pyrrole nitrogens is 1. The SMILES string of the molecule is Cn1[nH]c(=O)c(=O)nc1SCC1=C(C(=O)O)N2C(=O)C(NC(=O)C(=NOC(F)F)c3csc(NC(c4ccccc4)(c4ccccc4)c4ccccc4)n3)[C@H]2SC1. The molecule has 0 radical (unpaired) electrons. The van der Waals surface area contributed by atoms with Crippen molar-refractivity contribution in [2.45, 2.75) is 28.7 Å². The van der Waals surface area contributed by atoms with E-state index in [0.717, 1.165) is 44.7 Å². The molecule has 0 aliphatic carbocycles. The number of oxime groups is 1. The van der Waals surface area contributed by atoms with Crippen LogP contribution in [0.15, 0.2) is 128 Å². The van der Waals surface area contributed by atoms with Crippen molar-refractivity contribution < 1.29 is 33.1 Å². The highest BCUT2D eigenvalue weighted by Crippen LogP contribution is 2.42. The highest BCUT2D eigenvalue weighted by Gasteiger charge is 2.54. The molecule has 2 atom stereocenters. The fraction of sp³-hybridized carbons (Fsp3) is 0.189. The smallest absolute Gasteiger partial charge is 0.407 e. The first-order valence-electron chi connectivity index (χ1n) is 16.9. The lowest BCUT2D eigenvalue weighted by Gasteiger charge is -2.49. The molecule has 292 valence electrons. The van der Waals surface area contributed by atoms with E-state index in [9.17, 15) is 37.9 Å². The monoisotopic (exact) mass is 832 g/mol. The number of nitrogens with zero attached hydrogens (tertiary/aromatic N) is 5. The van der Waals surface area contributed by atoms with Gasteiger partial charge in [0.25, 0.3) is 11.8 Å². The fourth-order valence-electron chi connectivity index (χ4n) is 6.42. The number of anilines is 1. The molecular formula is C37H30F2N8O7S3. The highest BCUT2D eigenvalue weighted by atomic mass is 32.2. The first-order valence-corrected chi connectivity index (χ1v) is 19.8. The number of hydrogen-bond donors (Lipinski definition) is 4. The number of halogens is 2. The summed E-state index contributed by atoms with van der Waals surface area (Å²) in [6, 6.07) is 27.6. The van der Waals surface area contributed by atoms with Gasteiger partial charge in [-0.3, -0.25) is 33.9 Å². The van der Waals surface area contributed by atoms with Crippen LogP contribution in [0.2, 0.25) is 0 Å². The molecule has 2 amide bonds. The van der Waals surface area contributed by atoms with E-state index in [2.05, 4.69) is 35.7 Å². The van der Waals surface area contributed by atoms with Gasteiger partial charge >= 0.3 is 23.7 Å². The molecule has 3 aromatic carbocycles. The number of rotatable bonds is 14. The van der Waals surface area contributed by atoms with Crippen LogP contribution < -0.4 is 21.8 Å². The molecule has 2 aliphatic rings. The van der Waals surface area contributed by atoms with Gasteiger partial charge < -0.3 is 20.6 Å². The Bertz CT molecular complexity index is 2400. The van der Waals surface area contributed by atoms with E-state index in [0.29, 0.717) is 10.7 Å². The summed E-state index contributed by atoms with van der Waals surface area (Å²) in [6.07, 6.45) is 0. The van der Waals surface area contributed by atoms with Crippen LogP contribution >= 0.6 is 34.9 Å². The Morgan fingerprint density at radius 1 is 1.00 bits per heavy atom. The van der Waals surface area contributed by atoms with Crippen LogP contribution in [0.25, 0.3) is 0 Å². The van der Waals surface area contributed by atoms with Gasteiger partial charge in [-0.05, 0) is 22.3 Å². The van der Waals surface area contributed by atoms with E-state index < -0.39 is 58.2 Å². The largest absolute Gasteiger partial charge is 0.477 e. The van der Waals surface area contributed by atoms with Crippen molar-refractivity contribution in [1.29, 1.82) is 0 Å². The fourth-order valence-corrected chi connectivity index (χ4v) is 9.58. The summed E-state index contributed by atoms with van der Waals surface area (Å²) in [5, 5.41) is 22.9. The molecule has 0 bridgehead atoms. The molecule has 4 N–H and O–H groups in total. The van der Waals surface area contributed by atoms with Crippen LogP contribution in [0, 0.1) is 0 Å². The minimum Gasteiger partial charge on any atom is -0.477 e. The number of β-lactam (4-membered cyclic amide) rings is 1. The molecule has 15 nitrogen and oxygen atoms in total. The molecular weight excluding hydrogens is 803 g/mol. The van der Waals surface area contributed by atoms with Gasteiger partial charge in [-0.1, -0.05) is 108 Å². The number of nitrogens with one attached hydrogen (secondary N) is 3. The first kappa shape index (κ1) is 39.1. The quantitative estimate of drug-likeness (QED) is 0.0316. The van der Waals surface area contributed by atoms with Crippen molar-refractivity contribution in [3.05, 3.63) is 151 Å². The third kappa shape index (κ3) is 7.83. The number of aryl methyl sites for hydroxylation is 1. The Labute approximate surface area is 333 Å². The Hall–Kier alpha value is -6.12. The number of hydrogen-bond acceptors (Lipinski definition) is 13. The Balaban J connectivity index is 1.15. The Kier molecular flexibility index (Phi) is 11.4. The normalized spacial score (nSPS) is 16.9. The predicted molar refractivity (Wildman–Crippen MR) is 209 cm³/mol. The maximum absolute atomic E-state index is 13.8. The average molecular weight is 833 g/mol. The van der Waals surface area contributed by atoms with Crippen molar-refractivity contribution >= 4 is 63.5 Å². The molecule has 57 heavy (non-hydrogen) atoms. The summed E-state index contributed by atoms with van der Waals surface area (Å²) in [4.78, 5) is 76.6. The molecule has 2 aromatic heterocycles. The van der Waals surface area contributed by atoms with Gasteiger partial charge in [0, 0.05) is 23.9 Å². The number of amides is 2. The van der Waals surface area contributed by atoms with Crippen molar-refractivity contribution in [2.75, 3.05) is 16.8 Å². The first-order chi connectivity index (χ1) is 27.5. The molecule has 1 fully saturated rings. The van der Waals surface area contributed by atoms with Crippen LogP contribution in [0.1, 0.15) is 22.4 Å². The molecule has 1 saturated heterocycles. The second-order valence-corrected chi connectivity index (χ2v) is 15.3. The van der Waals surface area contributed by atoms with Gasteiger partial charge in [0.2, 0.25) is 0 Å². The van der Waals surface area contributed by atoms with Gasteiger partial charge in [0.15, 0.2) is 16.0 Å². The topological polar surface area (TPSA) is 201 Å². The number of carbonyl (C=O) groups excluding carboxylic acids is 2. The van der Waals surface area contributed by atoms with E-state index in [1.54, 1.807) is 0 Å². The summed E-state index contributed by atoms with van der Waals surface area (Å²) >= 11 is 3.24. The summed E-state index contributed by atoms with van der Waals surface area (Å²) < 4.78 is 27.9. The second-order valence-electron chi connectivity index (χ2n) is 12.4. The van der Waals surface area contributed by atoms with Gasteiger partial charge in [-0.25, -0.2) is 9.78 Å². The number of aromatic amines is 1. The van der Waals surface area contributed by atoms with Crippen LogP contribution in [0.5, 0.6) is 0 Å². The third-order valence-corrected chi connectivity index (χ3v) is 12.2. The number of carboxylic acids is 1. The minimum atomic E-state index is -3.38. The van der Waals surface area contributed by atoms with Crippen molar-refractivity contribution in [3.8, 4) is 0 Å².